The molecule has 0 saturated heterocycles. The van der Waals surface area contributed by atoms with Crippen molar-refractivity contribution in [1.29, 1.82) is 0 Å². The lowest BCUT2D eigenvalue weighted by molar-refractivity contribution is 0.102. The molecule has 6 nitrogen and oxygen atoms in total. The number of ether oxygens (including phenoxy) is 1. The van der Waals surface area contributed by atoms with Gasteiger partial charge in [0.05, 0.1) is 6.61 Å². The molecule has 0 bridgehead atoms. The summed E-state index contributed by atoms with van der Waals surface area (Å²) >= 11 is 0. The van der Waals surface area contributed by atoms with Gasteiger partial charge in [0.2, 0.25) is 0 Å². The molecular weight excluding hydrogens is 328 g/mol. The molecule has 3 rings (SSSR count). The highest BCUT2D eigenvalue weighted by Crippen LogP contribution is 2.19. The molecule has 0 aliphatic heterocycles. The van der Waals surface area contributed by atoms with Gasteiger partial charge in [0, 0.05) is 11.4 Å². The van der Waals surface area contributed by atoms with Crippen LogP contribution in [0.15, 0.2) is 60.7 Å². The Bertz CT molecular complexity index is 877. The second kappa shape index (κ2) is 8.11. The molecule has 0 saturated carbocycles. The fraction of sp³-hybridized carbons (Fsp3) is 0.150. The smallest absolute Gasteiger partial charge is 0.276 e. The summed E-state index contributed by atoms with van der Waals surface area (Å²) in [6, 6.07) is 18.5. The Kier molecular flexibility index (Phi) is 5.43. The summed E-state index contributed by atoms with van der Waals surface area (Å²) in [7, 11) is 0. The number of para-hydroxylation sites is 1. The maximum Gasteiger partial charge on any atom is 0.276 e. The number of amides is 1. The largest absolute Gasteiger partial charge is 0.494 e. The van der Waals surface area contributed by atoms with Crippen LogP contribution in [0.3, 0.4) is 0 Å². The fourth-order valence-electron chi connectivity index (χ4n) is 2.37. The third-order valence-corrected chi connectivity index (χ3v) is 3.73. The van der Waals surface area contributed by atoms with Gasteiger partial charge >= 0.3 is 0 Å². The van der Waals surface area contributed by atoms with Crippen molar-refractivity contribution < 1.29 is 9.53 Å². The summed E-state index contributed by atoms with van der Waals surface area (Å²) in [5.74, 6) is 1.08. The van der Waals surface area contributed by atoms with Crippen molar-refractivity contribution in [2.75, 3.05) is 17.2 Å². The van der Waals surface area contributed by atoms with E-state index in [-0.39, 0.29) is 11.6 Å². The van der Waals surface area contributed by atoms with Crippen molar-refractivity contribution in [2.45, 2.75) is 13.8 Å². The summed E-state index contributed by atoms with van der Waals surface area (Å²) in [6.07, 6.45) is 0. The van der Waals surface area contributed by atoms with Gasteiger partial charge in [0.25, 0.3) is 5.91 Å². The molecule has 132 valence electrons. The van der Waals surface area contributed by atoms with Gasteiger partial charge in [0.15, 0.2) is 11.5 Å². The maximum absolute atomic E-state index is 12.3. The van der Waals surface area contributed by atoms with Gasteiger partial charge in [-0.25, -0.2) is 0 Å². The Morgan fingerprint density at radius 3 is 2.42 bits per heavy atom. The molecule has 6 heteroatoms. The molecule has 0 aliphatic rings. The Morgan fingerprint density at radius 1 is 1.00 bits per heavy atom. The molecule has 3 aromatic rings. The summed E-state index contributed by atoms with van der Waals surface area (Å²) in [6.45, 7) is 4.51. The number of carbonyl (C=O) groups excluding carboxylic acids is 1. The van der Waals surface area contributed by atoms with Crippen molar-refractivity contribution in [1.82, 2.24) is 10.2 Å². The number of rotatable bonds is 6. The SMILES string of the molecule is CCOc1ccc(Nc2ccc(C(=O)Nc3ccccc3C)nn2)cc1. The van der Waals surface area contributed by atoms with Crippen LogP contribution in [0.25, 0.3) is 0 Å². The second-order valence-corrected chi connectivity index (χ2v) is 5.66. The van der Waals surface area contributed by atoms with Crippen molar-refractivity contribution >= 4 is 23.1 Å². The standard InChI is InChI=1S/C20H20N4O2/c1-3-26-16-10-8-15(9-11-16)21-19-13-12-18(23-24-19)20(25)22-17-7-5-4-6-14(17)2/h4-13H,3H2,1-2H3,(H,21,24)(H,22,25). The second-order valence-electron chi connectivity index (χ2n) is 5.66. The summed E-state index contributed by atoms with van der Waals surface area (Å²) in [4.78, 5) is 12.3. The van der Waals surface area contributed by atoms with Crippen molar-refractivity contribution in [3.63, 3.8) is 0 Å². The van der Waals surface area contributed by atoms with Crippen LogP contribution < -0.4 is 15.4 Å². The van der Waals surface area contributed by atoms with Crippen LogP contribution >= 0.6 is 0 Å². The van der Waals surface area contributed by atoms with Crippen LogP contribution in [0.5, 0.6) is 5.75 Å². The maximum atomic E-state index is 12.3. The van der Waals surface area contributed by atoms with Gasteiger partial charge in [-0.15, -0.1) is 10.2 Å². The number of nitrogens with one attached hydrogen (secondary N) is 2. The van der Waals surface area contributed by atoms with Gasteiger partial charge in [-0.3, -0.25) is 4.79 Å². The van der Waals surface area contributed by atoms with Gasteiger partial charge < -0.3 is 15.4 Å². The zero-order valence-electron chi connectivity index (χ0n) is 14.7. The van der Waals surface area contributed by atoms with Gasteiger partial charge in [0.1, 0.15) is 5.75 Å². The zero-order valence-corrected chi connectivity index (χ0v) is 14.7. The first kappa shape index (κ1) is 17.4. The lowest BCUT2D eigenvalue weighted by Gasteiger charge is -2.09. The Morgan fingerprint density at radius 2 is 1.77 bits per heavy atom. The van der Waals surface area contributed by atoms with Crippen LogP contribution in [-0.2, 0) is 0 Å². The molecule has 2 aromatic carbocycles. The van der Waals surface area contributed by atoms with Crippen LogP contribution in [0.1, 0.15) is 23.0 Å². The molecular formula is C20H20N4O2. The molecule has 1 aromatic heterocycles. The summed E-state index contributed by atoms with van der Waals surface area (Å²) in [5, 5.41) is 14.0. The molecule has 0 radical (unpaired) electrons. The molecule has 0 spiro atoms. The van der Waals surface area contributed by atoms with Crippen LogP contribution in [0, 0.1) is 6.92 Å². The number of hydrogen-bond acceptors (Lipinski definition) is 5. The fourth-order valence-corrected chi connectivity index (χ4v) is 2.37. The number of aryl methyl sites for hydroxylation is 1. The van der Waals surface area contributed by atoms with Gasteiger partial charge in [-0.1, -0.05) is 18.2 Å². The minimum Gasteiger partial charge on any atom is -0.494 e. The molecule has 0 unspecified atom stereocenters. The lowest BCUT2D eigenvalue weighted by Crippen LogP contribution is -2.15. The van der Waals surface area contributed by atoms with Crippen molar-refractivity contribution in [3.8, 4) is 5.75 Å². The van der Waals surface area contributed by atoms with Crippen molar-refractivity contribution in [2.24, 2.45) is 0 Å². The molecule has 1 amide bonds. The molecule has 0 fully saturated rings. The Hall–Kier alpha value is -3.41. The van der Waals surface area contributed by atoms with E-state index in [2.05, 4.69) is 20.8 Å². The predicted octanol–water partition coefficient (Wildman–Crippen LogP) is 4.18. The minimum absolute atomic E-state index is 0.255. The van der Waals surface area contributed by atoms with E-state index in [0.29, 0.717) is 12.4 Å². The molecule has 0 atom stereocenters. The third kappa shape index (κ3) is 4.36. The summed E-state index contributed by atoms with van der Waals surface area (Å²) < 4.78 is 5.41. The van der Waals surface area contributed by atoms with Crippen molar-refractivity contribution in [3.05, 3.63) is 71.9 Å². The highest BCUT2D eigenvalue weighted by Gasteiger charge is 2.10. The highest BCUT2D eigenvalue weighted by atomic mass is 16.5. The first-order chi connectivity index (χ1) is 12.7. The average Bonchev–Trinajstić information content (AvgIpc) is 2.66. The lowest BCUT2D eigenvalue weighted by atomic mass is 10.2. The van der Waals surface area contributed by atoms with E-state index < -0.39 is 0 Å². The number of nitrogens with zero attached hydrogens (tertiary/aromatic N) is 2. The number of anilines is 3. The number of hydrogen-bond donors (Lipinski definition) is 2. The van der Waals surface area contributed by atoms with Gasteiger partial charge in [-0.05, 0) is 61.9 Å². The topological polar surface area (TPSA) is 76.1 Å². The van der Waals surface area contributed by atoms with Crippen LogP contribution in [0.2, 0.25) is 0 Å². The summed E-state index contributed by atoms with van der Waals surface area (Å²) in [5.41, 5.74) is 2.86. The Labute approximate surface area is 152 Å². The molecule has 0 aliphatic carbocycles. The normalized spacial score (nSPS) is 10.2. The van der Waals surface area contributed by atoms with E-state index in [1.807, 2.05) is 62.4 Å². The van der Waals surface area contributed by atoms with Gasteiger partial charge in [-0.2, -0.15) is 0 Å². The predicted molar refractivity (Wildman–Crippen MR) is 102 cm³/mol. The van der Waals surface area contributed by atoms with E-state index >= 15 is 0 Å². The first-order valence-electron chi connectivity index (χ1n) is 8.36. The average molecular weight is 348 g/mol. The van der Waals surface area contributed by atoms with Crippen LogP contribution in [0.4, 0.5) is 17.2 Å². The van der Waals surface area contributed by atoms with E-state index in [1.54, 1.807) is 12.1 Å². The minimum atomic E-state index is -0.292. The monoisotopic (exact) mass is 348 g/mol. The first-order valence-corrected chi connectivity index (χ1v) is 8.36. The zero-order chi connectivity index (χ0) is 18.4. The quantitative estimate of drug-likeness (QED) is 0.699. The third-order valence-electron chi connectivity index (χ3n) is 3.73. The molecule has 26 heavy (non-hydrogen) atoms. The number of carbonyl (C=O) groups is 1. The van der Waals surface area contributed by atoms with Crippen LogP contribution in [-0.4, -0.2) is 22.7 Å². The van der Waals surface area contributed by atoms with E-state index in [0.717, 1.165) is 22.7 Å². The Balaban J connectivity index is 1.64. The highest BCUT2D eigenvalue weighted by molar-refractivity contribution is 6.03. The number of benzene rings is 2. The van der Waals surface area contributed by atoms with E-state index in [4.69, 9.17) is 4.74 Å². The number of aromatic nitrogens is 2. The van der Waals surface area contributed by atoms with E-state index in [9.17, 15) is 4.79 Å². The molecule has 2 N–H and O–H groups in total. The van der Waals surface area contributed by atoms with E-state index in [1.165, 1.54) is 0 Å². The molecule has 1 heterocycles.